The number of hydrogen-bond donors (Lipinski definition) is 1. The molecule has 0 aliphatic heterocycles. The van der Waals surface area contributed by atoms with Gasteiger partial charge in [0.1, 0.15) is 0 Å². The molecule has 0 aliphatic carbocycles. The van der Waals surface area contributed by atoms with Crippen LogP contribution >= 0.6 is 11.8 Å². The number of benzene rings is 1. The number of aryl methyl sites for hydroxylation is 2. The highest BCUT2D eigenvalue weighted by atomic mass is 32.2. The third-order valence-electron chi connectivity index (χ3n) is 3.68. The lowest BCUT2D eigenvalue weighted by Crippen LogP contribution is -2.41. The molecular weight excluding hydrogens is 240 g/mol. The average molecular weight is 266 g/mol. The van der Waals surface area contributed by atoms with Crippen LogP contribution in [-0.4, -0.2) is 15.5 Å². The summed E-state index contributed by atoms with van der Waals surface area (Å²) in [6.45, 7) is 14.6. The van der Waals surface area contributed by atoms with E-state index in [1.807, 2.05) is 25.6 Å². The summed E-state index contributed by atoms with van der Waals surface area (Å²) in [5.74, 6) is 0.204. The van der Waals surface area contributed by atoms with Crippen molar-refractivity contribution in [2.45, 2.75) is 63.7 Å². The first-order valence-corrected chi connectivity index (χ1v) is 7.34. The predicted octanol–water partition coefficient (Wildman–Crippen LogP) is 4.58. The standard InChI is InChI=1S/C16H26OS/c1-11-8-12(2)10-14(9-11)18-16(6,7)13(3)15(4,5)17/h8-10,13,17H,1-7H3. The maximum absolute atomic E-state index is 10.2. The number of aliphatic hydroxyl groups is 1. The molecule has 1 aromatic rings. The Morgan fingerprint density at radius 1 is 1.00 bits per heavy atom. The zero-order chi connectivity index (χ0) is 14.1. The van der Waals surface area contributed by atoms with Gasteiger partial charge in [-0.1, -0.05) is 13.0 Å². The Bertz CT molecular complexity index is 395. The van der Waals surface area contributed by atoms with Crippen molar-refractivity contribution in [2.24, 2.45) is 5.92 Å². The topological polar surface area (TPSA) is 20.2 Å². The monoisotopic (exact) mass is 266 g/mol. The lowest BCUT2D eigenvalue weighted by Gasteiger charge is -2.39. The van der Waals surface area contributed by atoms with E-state index >= 15 is 0 Å². The van der Waals surface area contributed by atoms with Gasteiger partial charge in [0, 0.05) is 9.64 Å². The number of rotatable bonds is 4. The molecule has 1 unspecified atom stereocenters. The van der Waals surface area contributed by atoms with Gasteiger partial charge < -0.3 is 5.11 Å². The third-order valence-corrected chi connectivity index (χ3v) is 5.03. The third kappa shape index (κ3) is 4.03. The first kappa shape index (κ1) is 15.6. The second kappa shape index (κ2) is 5.26. The average Bonchev–Trinajstić information content (AvgIpc) is 2.12. The second-order valence-electron chi connectivity index (χ2n) is 6.40. The smallest absolute Gasteiger partial charge is 0.0630 e. The van der Waals surface area contributed by atoms with Crippen molar-refractivity contribution in [3.05, 3.63) is 29.3 Å². The molecule has 0 radical (unpaired) electrons. The molecule has 1 atom stereocenters. The first-order valence-electron chi connectivity index (χ1n) is 6.52. The zero-order valence-electron chi connectivity index (χ0n) is 12.7. The summed E-state index contributed by atoms with van der Waals surface area (Å²) < 4.78 is -0.00150. The molecule has 0 amide bonds. The van der Waals surface area contributed by atoms with E-state index in [9.17, 15) is 5.11 Å². The minimum Gasteiger partial charge on any atom is -0.390 e. The molecule has 0 aliphatic rings. The maximum Gasteiger partial charge on any atom is 0.0630 e. The van der Waals surface area contributed by atoms with Crippen molar-refractivity contribution < 1.29 is 5.11 Å². The van der Waals surface area contributed by atoms with E-state index in [1.165, 1.54) is 16.0 Å². The van der Waals surface area contributed by atoms with E-state index in [4.69, 9.17) is 0 Å². The molecule has 2 heteroatoms. The van der Waals surface area contributed by atoms with Gasteiger partial charge in [0.2, 0.25) is 0 Å². The largest absolute Gasteiger partial charge is 0.390 e. The van der Waals surface area contributed by atoms with Gasteiger partial charge in [-0.05, 0) is 70.7 Å². The van der Waals surface area contributed by atoms with Crippen molar-refractivity contribution in [3.63, 3.8) is 0 Å². The van der Waals surface area contributed by atoms with Crippen LogP contribution in [0.25, 0.3) is 0 Å². The van der Waals surface area contributed by atoms with E-state index in [0.29, 0.717) is 0 Å². The fourth-order valence-corrected chi connectivity index (χ4v) is 3.80. The van der Waals surface area contributed by atoms with Crippen LogP contribution in [0.15, 0.2) is 23.1 Å². The summed E-state index contributed by atoms with van der Waals surface area (Å²) in [5.41, 5.74) is 1.93. The van der Waals surface area contributed by atoms with Crippen LogP contribution in [0.2, 0.25) is 0 Å². The summed E-state index contributed by atoms with van der Waals surface area (Å²) in [6.07, 6.45) is 0. The first-order chi connectivity index (χ1) is 8.02. The number of thioether (sulfide) groups is 1. The number of hydrogen-bond acceptors (Lipinski definition) is 2. The summed E-state index contributed by atoms with van der Waals surface area (Å²) in [4.78, 5) is 1.29. The van der Waals surface area contributed by atoms with E-state index < -0.39 is 5.60 Å². The summed E-state index contributed by atoms with van der Waals surface area (Å²) in [5, 5.41) is 10.2. The Balaban J connectivity index is 2.95. The zero-order valence-corrected chi connectivity index (χ0v) is 13.5. The molecular formula is C16H26OS. The Morgan fingerprint density at radius 2 is 1.44 bits per heavy atom. The Hall–Kier alpha value is -0.470. The van der Waals surface area contributed by atoms with E-state index in [2.05, 4.69) is 52.8 Å². The van der Waals surface area contributed by atoms with Crippen molar-refractivity contribution in [1.29, 1.82) is 0 Å². The SMILES string of the molecule is Cc1cc(C)cc(SC(C)(C)C(C)C(C)(C)O)c1. The van der Waals surface area contributed by atoms with Crippen molar-refractivity contribution in [3.8, 4) is 0 Å². The van der Waals surface area contributed by atoms with Gasteiger partial charge in [-0.15, -0.1) is 11.8 Å². The molecule has 18 heavy (non-hydrogen) atoms. The van der Waals surface area contributed by atoms with E-state index in [1.54, 1.807) is 0 Å². The molecule has 0 bridgehead atoms. The van der Waals surface area contributed by atoms with Gasteiger partial charge in [-0.2, -0.15) is 0 Å². The van der Waals surface area contributed by atoms with Crippen LogP contribution in [0, 0.1) is 19.8 Å². The highest BCUT2D eigenvalue weighted by Gasteiger charge is 2.36. The van der Waals surface area contributed by atoms with Crippen molar-refractivity contribution >= 4 is 11.8 Å². The van der Waals surface area contributed by atoms with Gasteiger partial charge >= 0.3 is 0 Å². The molecule has 0 spiro atoms. The second-order valence-corrected chi connectivity index (χ2v) is 8.13. The van der Waals surface area contributed by atoms with Crippen LogP contribution in [0.3, 0.4) is 0 Å². The quantitative estimate of drug-likeness (QED) is 0.805. The molecule has 0 heterocycles. The van der Waals surface area contributed by atoms with Crippen molar-refractivity contribution in [1.82, 2.24) is 0 Å². The Labute approximate surface area is 116 Å². The van der Waals surface area contributed by atoms with E-state index in [0.717, 1.165) is 0 Å². The molecule has 0 aromatic heterocycles. The lowest BCUT2D eigenvalue weighted by molar-refractivity contribution is 0.0128. The fourth-order valence-electron chi connectivity index (χ4n) is 2.23. The molecule has 0 fully saturated rings. The minimum atomic E-state index is -0.657. The van der Waals surface area contributed by atoms with Gasteiger partial charge in [0.05, 0.1) is 5.60 Å². The molecule has 1 aromatic carbocycles. The summed E-state index contributed by atoms with van der Waals surface area (Å²) in [7, 11) is 0. The molecule has 1 rings (SSSR count). The minimum absolute atomic E-state index is 0.00150. The maximum atomic E-state index is 10.2. The fraction of sp³-hybridized carbons (Fsp3) is 0.625. The van der Waals surface area contributed by atoms with Crippen molar-refractivity contribution in [2.75, 3.05) is 0 Å². The van der Waals surface area contributed by atoms with E-state index in [-0.39, 0.29) is 10.7 Å². The molecule has 0 saturated carbocycles. The van der Waals surface area contributed by atoms with Crippen LogP contribution in [0.4, 0.5) is 0 Å². The summed E-state index contributed by atoms with van der Waals surface area (Å²) in [6, 6.07) is 6.63. The normalized spacial score (nSPS) is 14.7. The van der Waals surface area contributed by atoms with Gasteiger partial charge in [-0.25, -0.2) is 0 Å². The Kier molecular flexibility index (Phi) is 4.56. The predicted molar refractivity (Wildman–Crippen MR) is 81.3 cm³/mol. The van der Waals surface area contributed by atoms with Crippen LogP contribution in [0.5, 0.6) is 0 Å². The highest BCUT2D eigenvalue weighted by molar-refractivity contribution is 8.00. The Morgan fingerprint density at radius 3 is 1.83 bits per heavy atom. The molecule has 0 saturated heterocycles. The van der Waals surface area contributed by atoms with Crippen LogP contribution in [-0.2, 0) is 0 Å². The lowest BCUT2D eigenvalue weighted by atomic mass is 9.83. The van der Waals surface area contributed by atoms with Gasteiger partial charge in [0.15, 0.2) is 0 Å². The summed E-state index contributed by atoms with van der Waals surface area (Å²) >= 11 is 1.85. The van der Waals surface area contributed by atoms with Gasteiger partial charge in [-0.3, -0.25) is 0 Å². The molecule has 102 valence electrons. The highest BCUT2D eigenvalue weighted by Crippen LogP contribution is 2.42. The van der Waals surface area contributed by atoms with Crippen LogP contribution in [0.1, 0.15) is 45.7 Å². The van der Waals surface area contributed by atoms with Gasteiger partial charge in [0.25, 0.3) is 0 Å². The molecule has 1 N–H and O–H groups in total. The van der Waals surface area contributed by atoms with Crippen LogP contribution < -0.4 is 0 Å². The molecule has 1 nitrogen and oxygen atoms in total.